The molecular formula is C22H26O5S2. The number of sulfone groups is 2. The number of rotatable bonds is 4. The van der Waals surface area contributed by atoms with E-state index in [1.807, 2.05) is 0 Å². The predicted molar refractivity (Wildman–Crippen MR) is 111 cm³/mol. The number of fused-ring (bicyclic) bond motifs is 1. The summed E-state index contributed by atoms with van der Waals surface area (Å²) in [4.78, 5) is 0.350. The van der Waals surface area contributed by atoms with Gasteiger partial charge in [0.05, 0.1) is 25.9 Å². The van der Waals surface area contributed by atoms with Crippen LogP contribution < -0.4 is 0 Å². The van der Waals surface area contributed by atoms with Gasteiger partial charge in [0, 0.05) is 0 Å². The molecule has 0 spiro atoms. The van der Waals surface area contributed by atoms with Gasteiger partial charge in [-0.05, 0) is 55.9 Å². The molecule has 4 atom stereocenters. The van der Waals surface area contributed by atoms with E-state index in [9.17, 15) is 21.9 Å². The third-order valence-corrected chi connectivity index (χ3v) is 11.1. The zero-order valence-corrected chi connectivity index (χ0v) is 17.8. The minimum absolute atomic E-state index is 0.0819. The second-order valence-electron chi connectivity index (χ2n) is 8.23. The normalized spacial score (nSPS) is 30.4. The van der Waals surface area contributed by atoms with Gasteiger partial charge in [0.1, 0.15) is 0 Å². The summed E-state index contributed by atoms with van der Waals surface area (Å²) in [5.74, 6) is -0.336. The molecule has 0 amide bonds. The van der Waals surface area contributed by atoms with Crippen molar-refractivity contribution in [1.82, 2.24) is 0 Å². The molecule has 0 saturated heterocycles. The topological polar surface area (TPSA) is 88.5 Å². The van der Waals surface area contributed by atoms with Crippen molar-refractivity contribution in [3.05, 3.63) is 60.7 Å². The van der Waals surface area contributed by atoms with Gasteiger partial charge < -0.3 is 5.11 Å². The highest BCUT2D eigenvalue weighted by atomic mass is 32.2. The minimum atomic E-state index is -3.88. The molecule has 29 heavy (non-hydrogen) atoms. The van der Waals surface area contributed by atoms with Crippen LogP contribution in [0.3, 0.4) is 0 Å². The maximum absolute atomic E-state index is 13.5. The fraction of sp³-hybridized carbons (Fsp3) is 0.455. The summed E-state index contributed by atoms with van der Waals surface area (Å²) in [6.45, 7) is 0. The molecule has 2 aliphatic carbocycles. The Morgan fingerprint density at radius 1 is 0.759 bits per heavy atom. The van der Waals surface area contributed by atoms with Crippen molar-refractivity contribution < 1.29 is 21.9 Å². The molecule has 156 valence electrons. The Balaban J connectivity index is 1.78. The lowest BCUT2D eigenvalue weighted by atomic mass is 9.67. The highest BCUT2D eigenvalue weighted by Gasteiger charge is 2.57. The Bertz CT molecular complexity index is 1060. The van der Waals surface area contributed by atoms with E-state index in [1.54, 1.807) is 48.5 Å². The lowest BCUT2D eigenvalue weighted by molar-refractivity contribution is -0.0699. The third kappa shape index (κ3) is 3.53. The first kappa shape index (κ1) is 20.6. The highest BCUT2D eigenvalue weighted by molar-refractivity contribution is 7.93. The average Bonchev–Trinajstić information content (AvgIpc) is 2.73. The first-order valence-corrected chi connectivity index (χ1v) is 13.2. The van der Waals surface area contributed by atoms with Crippen LogP contribution in [-0.4, -0.2) is 38.0 Å². The molecule has 0 radical (unpaired) electrons. The molecule has 2 saturated carbocycles. The molecule has 0 bridgehead atoms. The van der Waals surface area contributed by atoms with E-state index in [4.69, 9.17) is 0 Å². The second kappa shape index (κ2) is 7.52. The van der Waals surface area contributed by atoms with Gasteiger partial charge in [-0.15, -0.1) is 0 Å². The van der Waals surface area contributed by atoms with Crippen LogP contribution in [0.2, 0.25) is 0 Å². The van der Waals surface area contributed by atoms with Gasteiger partial charge >= 0.3 is 0 Å². The Kier molecular flexibility index (Phi) is 5.34. The molecule has 7 heteroatoms. The van der Waals surface area contributed by atoms with Crippen molar-refractivity contribution >= 4 is 19.7 Å². The molecule has 2 fully saturated rings. The SMILES string of the molecule is O=S(=O)(c1ccccc1)[C@H]1C[C@@H]2CCCC[C@]2(O)[C@H](S(=O)(=O)c2ccccc2)C1. The fourth-order valence-corrected chi connectivity index (χ4v) is 9.25. The Morgan fingerprint density at radius 3 is 1.90 bits per heavy atom. The molecule has 2 aromatic carbocycles. The van der Waals surface area contributed by atoms with Crippen LogP contribution in [0.4, 0.5) is 0 Å². The summed E-state index contributed by atoms with van der Waals surface area (Å²) in [5.41, 5.74) is -1.38. The molecular weight excluding hydrogens is 408 g/mol. The fourth-order valence-electron chi connectivity index (χ4n) is 5.08. The van der Waals surface area contributed by atoms with Crippen LogP contribution in [0.5, 0.6) is 0 Å². The van der Waals surface area contributed by atoms with Gasteiger partial charge in [0.25, 0.3) is 0 Å². The highest BCUT2D eigenvalue weighted by Crippen LogP contribution is 2.49. The average molecular weight is 435 g/mol. The number of hydrogen-bond donors (Lipinski definition) is 1. The molecule has 0 aromatic heterocycles. The summed E-state index contributed by atoms with van der Waals surface area (Å²) in [7, 11) is -7.57. The Labute approximate surface area is 172 Å². The van der Waals surface area contributed by atoms with Crippen molar-refractivity contribution in [2.24, 2.45) is 5.92 Å². The Hall–Kier alpha value is -1.70. The van der Waals surface area contributed by atoms with Crippen LogP contribution >= 0.6 is 0 Å². The van der Waals surface area contributed by atoms with E-state index < -0.39 is 35.8 Å². The summed E-state index contributed by atoms with van der Waals surface area (Å²) < 4.78 is 53.6. The smallest absolute Gasteiger partial charge is 0.184 e. The lowest BCUT2D eigenvalue weighted by Gasteiger charge is -2.50. The maximum atomic E-state index is 13.5. The van der Waals surface area contributed by atoms with Crippen LogP contribution in [0.25, 0.3) is 0 Å². The van der Waals surface area contributed by atoms with Gasteiger partial charge in [0.2, 0.25) is 0 Å². The standard InChI is InChI=1S/C22H26O5S2/c23-22-14-8-7-9-17(22)15-20(28(24,25)18-10-3-1-4-11-18)16-21(22)29(26,27)19-12-5-2-6-13-19/h1-6,10-13,17,20-21,23H,7-9,14-16H2/t17-,20-,21+,22+/m0/s1. The first-order chi connectivity index (χ1) is 13.8. The van der Waals surface area contributed by atoms with Crippen molar-refractivity contribution in [3.63, 3.8) is 0 Å². The van der Waals surface area contributed by atoms with Gasteiger partial charge in [-0.2, -0.15) is 0 Å². The molecule has 0 aliphatic heterocycles. The van der Waals surface area contributed by atoms with Crippen molar-refractivity contribution in [1.29, 1.82) is 0 Å². The van der Waals surface area contributed by atoms with Crippen LogP contribution in [-0.2, 0) is 19.7 Å². The molecule has 0 unspecified atom stereocenters. The predicted octanol–water partition coefficient (Wildman–Crippen LogP) is 3.39. The second-order valence-corrected chi connectivity index (χ2v) is 12.6. The summed E-state index contributed by atoms with van der Waals surface area (Å²) >= 11 is 0. The van der Waals surface area contributed by atoms with Gasteiger partial charge in [-0.1, -0.05) is 49.2 Å². The van der Waals surface area contributed by atoms with Crippen molar-refractivity contribution in [2.75, 3.05) is 0 Å². The zero-order chi connectivity index (χ0) is 20.7. The Morgan fingerprint density at radius 2 is 1.31 bits per heavy atom. The lowest BCUT2D eigenvalue weighted by Crippen LogP contribution is -2.59. The molecule has 4 rings (SSSR count). The van der Waals surface area contributed by atoms with E-state index in [0.717, 1.165) is 12.8 Å². The third-order valence-electron chi connectivity index (χ3n) is 6.63. The number of aliphatic hydroxyl groups is 1. The van der Waals surface area contributed by atoms with E-state index in [0.29, 0.717) is 19.3 Å². The number of benzene rings is 2. The van der Waals surface area contributed by atoms with Crippen molar-refractivity contribution in [3.8, 4) is 0 Å². The van der Waals surface area contributed by atoms with Gasteiger partial charge in [0.15, 0.2) is 19.7 Å². The van der Waals surface area contributed by atoms with Gasteiger partial charge in [-0.25, -0.2) is 16.8 Å². The van der Waals surface area contributed by atoms with Crippen LogP contribution in [0.1, 0.15) is 38.5 Å². The van der Waals surface area contributed by atoms with Crippen LogP contribution in [0.15, 0.2) is 70.5 Å². The molecule has 5 nitrogen and oxygen atoms in total. The summed E-state index contributed by atoms with van der Waals surface area (Å²) in [5, 5.41) is 9.58. The molecule has 2 aromatic rings. The first-order valence-electron chi connectivity index (χ1n) is 10.1. The van der Waals surface area contributed by atoms with E-state index in [2.05, 4.69) is 0 Å². The largest absolute Gasteiger partial charge is 0.388 e. The van der Waals surface area contributed by atoms with E-state index in [-0.39, 0.29) is 22.1 Å². The summed E-state index contributed by atoms with van der Waals surface area (Å²) in [6, 6.07) is 16.3. The monoisotopic (exact) mass is 434 g/mol. The van der Waals surface area contributed by atoms with Crippen LogP contribution in [0, 0.1) is 5.92 Å². The molecule has 2 aliphatic rings. The summed E-state index contributed by atoms with van der Waals surface area (Å²) in [6.07, 6.45) is 2.90. The van der Waals surface area contributed by atoms with Crippen molar-refractivity contribution in [2.45, 2.75) is 64.4 Å². The minimum Gasteiger partial charge on any atom is -0.388 e. The van der Waals surface area contributed by atoms with E-state index in [1.165, 1.54) is 12.1 Å². The maximum Gasteiger partial charge on any atom is 0.184 e. The zero-order valence-electron chi connectivity index (χ0n) is 16.1. The van der Waals surface area contributed by atoms with E-state index >= 15 is 0 Å². The van der Waals surface area contributed by atoms with Gasteiger partial charge in [-0.3, -0.25) is 0 Å². The molecule has 1 N–H and O–H groups in total. The quantitative estimate of drug-likeness (QED) is 0.797. The molecule has 0 heterocycles. The number of hydrogen-bond acceptors (Lipinski definition) is 5.